The van der Waals surface area contributed by atoms with Crippen molar-refractivity contribution >= 4 is 18.2 Å². The molecular weight excluding hydrogens is 182 g/mol. The minimum Gasteiger partial charge on any atom is -0.465 e. The van der Waals surface area contributed by atoms with Gasteiger partial charge < -0.3 is 21.3 Å². The van der Waals surface area contributed by atoms with Gasteiger partial charge in [-0.2, -0.15) is 0 Å². The third-order valence-corrected chi connectivity index (χ3v) is 0.517. The fraction of sp³-hybridized carbons (Fsp3) is 0.400. The molecule has 8 heteroatoms. The summed E-state index contributed by atoms with van der Waals surface area (Å²) in [6, 6.07) is -1.06. The van der Waals surface area contributed by atoms with Crippen LogP contribution in [-0.4, -0.2) is 29.9 Å². The summed E-state index contributed by atoms with van der Waals surface area (Å²) >= 11 is 0. The van der Waals surface area contributed by atoms with Gasteiger partial charge in [-0.1, -0.05) is 0 Å². The molecule has 0 aromatic rings. The van der Waals surface area contributed by atoms with Crippen molar-refractivity contribution in [2.24, 2.45) is 11.5 Å². The maximum absolute atomic E-state index is 9.60. The van der Waals surface area contributed by atoms with Crippen LogP contribution in [0.2, 0.25) is 0 Å². The monoisotopic (exact) mass is 193 g/mol. The van der Waals surface area contributed by atoms with Crippen LogP contribution in [0.4, 0.5) is 14.4 Å². The third-order valence-electron chi connectivity index (χ3n) is 0.517. The van der Waals surface area contributed by atoms with Crippen LogP contribution in [-0.2, 0) is 4.74 Å². The number of carbonyl (C=O) groups is 3. The largest absolute Gasteiger partial charge is 0.465 e. The van der Waals surface area contributed by atoms with Crippen molar-refractivity contribution in [3.63, 3.8) is 0 Å². The lowest BCUT2D eigenvalue weighted by Gasteiger charge is -1.89. The van der Waals surface area contributed by atoms with Crippen molar-refractivity contribution in [2.45, 2.75) is 6.92 Å². The lowest BCUT2D eigenvalue weighted by atomic mass is 10.9. The summed E-state index contributed by atoms with van der Waals surface area (Å²) in [7, 11) is 0. The lowest BCUT2D eigenvalue weighted by Crippen LogP contribution is -2.33. The summed E-state index contributed by atoms with van der Waals surface area (Å²) in [5.41, 5.74) is 8.90. The van der Waals surface area contributed by atoms with Gasteiger partial charge in [-0.25, -0.2) is 19.7 Å². The SMILES string of the molecule is CCOC(N)=O.NC(=O)NC(=O)O. The first-order chi connectivity index (χ1) is 5.90. The Balaban J connectivity index is 0. The van der Waals surface area contributed by atoms with Crippen molar-refractivity contribution in [3.05, 3.63) is 0 Å². The third kappa shape index (κ3) is 25.6. The van der Waals surface area contributed by atoms with Crippen LogP contribution in [0.1, 0.15) is 6.92 Å². The first-order valence-corrected chi connectivity index (χ1v) is 3.11. The van der Waals surface area contributed by atoms with Crippen molar-refractivity contribution in [1.82, 2.24) is 5.32 Å². The number of hydrogen-bond donors (Lipinski definition) is 4. The van der Waals surface area contributed by atoms with E-state index >= 15 is 0 Å². The molecule has 8 nitrogen and oxygen atoms in total. The number of primary amides is 2. The van der Waals surface area contributed by atoms with Gasteiger partial charge in [0.25, 0.3) is 0 Å². The number of nitrogens with one attached hydrogen (secondary N) is 1. The number of carboxylic acid groups (broad SMARTS) is 1. The molecular formula is C5H11N3O5. The van der Waals surface area contributed by atoms with Gasteiger partial charge in [0, 0.05) is 0 Å². The van der Waals surface area contributed by atoms with Crippen LogP contribution in [0.5, 0.6) is 0 Å². The molecule has 0 unspecified atom stereocenters. The van der Waals surface area contributed by atoms with Gasteiger partial charge in [0.05, 0.1) is 6.61 Å². The molecule has 0 radical (unpaired) electrons. The highest BCUT2D eigenvalue weighted by molar-refractivity contribution is 5.88. The molecule has 0 rings (SSSR count). The molecule has 0 aromatic heterocycles. The van der Waals surface area contributed by atoms with E-state index in [1.54, 1.807) is 6.92 Å². The fourth-order valence-electron chi connectivity index (χ4n) is 0.248. The summed E-state index contributed by atoms with van der Waals surface area (Å²) < 4.78 is 4.18. The molecule has 0 bridgehead atoms. The summed E-state index contributed by atoms with van der Waals surface area (Å²) in [6.45, 7) is 2.06. The van der Waals surface area contributed by atoms with Crippen molar-refractivity contribution in [3.8, 4) is 0 Å². The molecule has 13 heavy (non-hydrogen) atoms. The zero-order chi connectivity index (χ0) is 10.9. The number of ether oxygens (including phenoxy) is 1. The fourth-order valence-corrected chi connectivity index (χ4v) is 0.248. The Morgan fingerprint density at radius 1 is 1.38 bits per heavy atom. The Labute approximate surface area is 73.8 Å². The van der Waals surface area contributed by atoms with E-state index in [4.69, 9.17) is 5.11 Å². The maximum atomic E-state index is 9.60. The second-order valence-corrected chi connectivity index (χ2v) is 1.55. The van der Waals surface area contributed by atoms with Crippen LogP contribution >= 0.6 is 0 Å². The zero-order valence-electron chi connectivity index (χ0n) is 6.94. The lowest BCUT2D eigenvalue weighted by molar-refractivity contribution is 0.163. The molecule has 0 fully saturated rings. The van der Waals surface area contributed by atoms with E-state index in [9.17, 15) is 14.4 Å². The van der Waals surface area contributed by atoms with E-state index in [0.717, 1.165) is 0 Å². The number of urea groups is 1. The van der Waals surface area contributed by atoms with Crippen molar-refractivity contribution in [2.75, 3.05) is 6.61 Å². The Morgan fingerprint density at radius 2 is 1.85 bits per heavy atom. The molecule has 0 heterocycles. The van der Waals surface area contributed by atoms with Crippen molar-refractivity contribution in [1.29, 1.82) is 0 Å². The summed E-state index contributed by atoms with van der Waals surface area (Å²) in [6.07, 6.45) is -2.15. The van der Waals surface area contributed by atoms with Gasteiger partial charge in [0.2, 0.25) is 0 Å². The Morgan fingerprint density at radius 3 is 1.85 bits per heavy atom. The normalized spacial score (nSPS) is 7.46. The van der Waals surface area contributed by atoms with E-state index in [0.29, 0.717) is 6.61 Å². The molecule has 0 atom stereocenters. The zero-order valence-corrected chi connectivity index (χ0v) is 6.94. The topological polar surface area (TPSA) is 145 Å². The standard InChI is InChI=1S/C3H7NO2.C2H4N2O3/c1-2-6-3(4)5;3-1(5)4-2(6)7/h2H2,1H3,(H2,4,5);(H,6,7)(H3,3,4,5). The molecule has 0 aliphatic carbocycles. The number of rotatable bonds is 1. The highest BCUT2D eigenvalue weighted by Crippen LogP contribution is 1.66. The van der Waals surface area contributed by atoms with Crippen LogP contribution in [0, 0.1) is 0 Å². The number of carbonyl (C=O) groups excluding carboxylic acids is 2. The highest BCUT2D eigenvalue weighted by atomic mass is 16.5. The Bertz CT molecular complexity index is 181. The van der Waals surface area contributed by atoms with Crippen LogP contribution in [0.3, 0.4) is 0 Å². The average Bonchev–Trinajstić information content (AvgIpc) is 1.83. The van der Waals surface area contributed by atoms with Crippen LogP contribution < -0.4 is 16.8 Å². The molecule has 4 amide bonds. The van der Waals surface area contributed by atoms with E-state index in [-0.39, 0.29) is 0 Å². The Hall–Kier alpha value is -1.99. The number of imide groups is 1. The second kappa shape index (κ2) is 8.11. The second-order valence-electron chi connectivity index (χ2n) is 1.55. The van der Waals surface area contributed by atoms with Gasteiger partial charge in [-0.15, -0.1) is 0 Å². The summed E-state index contributed by atoms with van der Waals surface area (Å²) in [4.78, 5) is 28.5. The van der Waals surface area contributed by atoms with E-state index in [1.165, 1.54) is 5.32 Å². The van der Waals surface area contributed by atoms with Crippen molar-refractivity contribution < 1.29 is 24.2 Å². The van der Waals surface area contributed by atoms with Gasteiger partial charge in [-0.3, -0.25) is 0 Å². The van der Waals surface area contributed by atoms with Gasteiger partial charge in [-0.05, 0) is 6.92 Å². The van der Waals surface area contributed by atoms with Crippen LogP contribution in [0.25, 0.3) is 0 Å². The first-order valence-electron chi connectivity index (χ1n) is 3.11. The Kier molecular flexibility index (Phi) is 8.48. The number of amides is 4. The van der Waals surface area contributed by atoms with Crippen LogP contribution in [0.15, 0.2) is 0 Å². The molecule has 0 saturated carbocycles. The maximum Gasteiger partial charge on any atom is 0.412 e. The molecule has 0 spiro atoms. The average molecular weight is 193 g/mol. The smallest absolute Gasteiger partial charge is 0.412 e. The van der Waals surface area contributed by atoms with E-state index in [1.807, 2.05) is 0 Å². The highest BCUT2D eigenvalue weighted by Gasteiger charge is 1.94. The molecule has 0 aliphatic heterocycles. The molecule has 6 N–H and O–H groups in total. The number of nitrogens with two attached hydrogens (primary N) is 2. The minimum atomic E-state index is -1.44. The number of hydrogen-bond acceptors (Lipinski definition) is 4. The summed E-state index contributed by atoms with van der Waals surface area (Å²) in [5, 5.41) is 9.03. The predicted octanol–water partition coefficient (Wildman–Crippen LogP) is -0.566. The van der Waals surface area contributed by atoms with Gasteiger partial charge in [0.15, 0.2) is 0 Å². The van der Waals surface area contributed by atoms with Gasteiger partial charge >= 0.3 is 18.2 Å². The molecule has 0 aliphatic rings. The van der Waals surface area contributed by atoms with Gasteiger partial charge in [0.1, 0.15) is 0 Å². The minimum absolute atomic E-state index is 0.356. The molecule has 0 saturated heterocycles. The summed E-state index contributed by atoms with van der Waals surface area (Å²) in [5.74, 6) is 0. The molecule has 0 aromatic carbocycles. The van der Waals surface area contributed by atoms with E-state index < -0.39 is 18.2 Å². The van der Waals surface area contributed by atoms with E-state index in [2.05, 4.69) is 16.2 Å². The quantitative estimate of drug-likeness (QED) is 0.440. The first kappa shape index (κ1) is 13.6. The predicted molar refractivity (Wildman–Crippen MR) is 42.0 cm³/mol. The molecule has 76 valence electrons.